The largest absolute Gasteiger partial charge is 0.496 e. The van der Waals surface area contributed by atoms with Gasteiger partial charge in [-0.2, -0.15) is 0 Å². The Kier molecular flexibility index (Phi) is 4.61. The Morgan fingerprint density at radius 2 is 2.37 bits per heavy atom. The molecular formula is C14H16BrNO3. The predicted molar refractivity (Wildman–Crippen MR) is 76.9 cm³/mol. The van der Waals surface area contributed by atoms with E-state index < -0.39 is 6.10 Å². The minimum Gasteiger partial charge on any atom is -0.496 e. The van der Waals surface area contributed by atoms with Crippen LogP contribution in [0.5, 0.6) is 5.75 Å². The third-order valence-corrected chi connectivity index (χ3v) is 3.57. The third-order valence-electron chi connectivity index (χ3n) is 3.07. The van der Waals surface area contributed by atoms with Crippen LogP contribution in [0.25, 0.3) is 6.08 Å². The smallest absolute Gasteiger partial charge is 0.246 e. The second kappa shape index (κ2) is 6.21. The van der Waals surface area contributed by atoms with Gasteiger partial charge < -0.3 is 14.7 Å². The fourth-order valence-corrected chi connectivity index (χ4v) is 2.42. The molecule has 1 aromatic rings. The molecule has 1 aliphatic heterocycles. The molecule has 0 radical (unpaired) electrons. The van der Waals surface area contributed by atoms with Crippen molar-refractivity contribution < 1.29 is 14.6 Å². The number of amides is 1. The molecular weight excluding hydrogens is 310 g/mol. The van der Waals surface area contributed by atoms with Crippen LogP contribution in [-0.2, 0) is 4.79 Å². The minimum atomic E-state index is -0.391. The Morgan fingerprint density at radius 1 is 1.58 bits per heavy atom. The molecule has 1 aromatic carbocycles. The van der Waals surface area contributed by atoms with E-state index in [1.54, 1.807) is 18.1 Å². The molecule has 102 valence electrons. The van der Waals surface area contributed by atoms with E-state index in [9.17, 15) is 9.90 Å². The molecule has 1 fully saturated rings. The summed E-state index contributed by atoms with van der Waals surface area (Å²) < 4.78 is 6.17. The maximum atomic E-state index is 11.9. The molecule has 1 unspecified atom stereocenters. The maximum Gasteiger partial charge on any atom is 0.246 e. The molecule has 1 heterocycles. The SMILES string of the molecule is COc1ccc(Br)cc1C=CC(=O)N1CCC(O)C1. The molecule has 0 spiro atoms. The molecule has 1 N–H and O–H groups in total. The lowest BCUT2D eigenvalue weighted by molar-refractivity contribution is -0.125. The lowest BCUT2D eigenvalue weighted by atomic mass is 10.2. The van der Waals surface area contributed by atoms with Crippen molar-refractivity contribution in [2.45, 2.75) is 12.5 Å². The number of aliphatic hydroxyl groups excluding tert-OH is 1. The fourth-order valence-electron chi connectivity index (χ4n) is 2.04. The highest BCUT2D eigenvalue weighted by Crippen LogP contribution is 2.24. The van der Waals surface area contributed by atoms with Crippen molar-refractivity contribution in [2.24, 2.45) is 0 Å². The van der Waals surface area contributed by atoms with E-state index in [0.717, 1.165) is 10.0 Å². The zero-order valence-electron chi connectivity index (χ0n) is 10.7. The zero-order chi connectivity index (χ0) is 13.8. The summed E-state index contributed by atoms with van der Waals surface area (Å²) in [7, 11) is 1.60. The first kappa shape index (κ1) is 14.1. The van der Waals surface area contributed by atoms with Gasteiger partial charge in [-0.1, -0.05) is 15.9 Å². The highest BCUT2D eigenvalue weighted by molar-refractivity contribution is 9.10. The number of ether oxygens (including phenoxy) is 1. The van der Waals surface area contributed by atoms with Gasteiger partial charge in [0, 0.05) is 29.2 Å². The summed E-state index contributed by atoms with van der Waals surface area (Å²) in [4.78, 5) is 13.6. The normalized spacial score (nSPS) is 19.1. The van der Waals surface area contributed by atoms with Crippen LogP contribution in [0.4, 0.5) is 0 Å². The third kappa shape index (κ3) is 3.58. The fraction of sp³-hybridized carbons (Fsp3) is 0.357. The molecule has 1 aliphatic rings. The second-order valence-electron chi connectivity index (χ2n) is 4.45. The number of carbonyl (C=O) groups excluding carboxylic acids is 1. The van der Waals surface area contributed by atoms with Crippen molar-refractivity contribution in [3.63, 3.8) is 0 Å². The van der Waals surface area contributed by atoms with Gasteiger partial charge in [0.1, 0.15) is 5.75 Å². The average Bonchev–Trinajstić information content (AvgIpc) is 2.83. The van der Waals surface area contributed by atoms with Gasteiger partial charge in [-0.3, -0.25) is 4.79 Å². The first-order chi connectivity index (χ1) is 9.10. The van der Waals surface area contributed by atoms with Crippen molar-refractivity contribution in [1.82, 2.24) is 4.90 Å². The first-order valence-electron chi connectivity index (χ1n) is 6.08. The molecule has 0 aromatic heterocycles. The van der Waals surface area contributed by atoms with Crippen molar-refractivity contribution in [1.29, 1.82) is 0 Å². The minimum absolute atomic E-state index is 0.0846. The van der Waals surface area contributed by atoms with E-state index in [4.69, 9.17) is 4.74 Å². The molecule has 0 bridgehead atoms. The van der Waals surface area contributed by atoms with Gasteiger partial charge in [-0.05, 0) is 30.7 Å². The molecule has 1 amide bonds. The number of likely N-dealkylation sites (tertiary alicyclic amines) is 1. The zero-order valence-corrected chi connectivity index (χ0v) is 12.3. The lowest BCUT2D eigenvalue weighted by Crippen LogP contribution is -2.27. The monoisotopic (exact) mass is 325 g/mol. The molecule has 1 atom stereocenters. The molecule has 19 heavy (non-hydrogen) atoms. The van der Waals surface area contributed by atoms with Crippen LogP contribution in [0.15, 0.2) is 28.7 Å². The van der Waals surface area contributed by atoms with Crippen molar-refractivity contribution in [2.75, 3.05) is 20.2 Å². The number of rotatable bonds is 3. The number of hydrogen-bond donors (Lipinski definition) is 1. The maximum absolute atomic E-state index is 11.9. The summed E-state index contributed by atoms with van der Waals surface area (Å²) in [5, 5.41) is 9.41. The topological polar surface area (TPSA) is 49.8 Å². The van der Waals surface area contributed by atoms with Gasteiger partial charge in [0.25, 0.3) is 0 Å². The van der Waals surface area contributed by atoms with Crippen molar-refractivity contribution in [3.05, 3.63) is 34.3 Å². The van der Waals surface area contributed by atoms with Gasteiger partial charge in [0.05, 0.1) is 13.2 Å². The van der Waals surface area contributed by atoms with Gasteiger partial charge >= 0.3 is 0 Å². The molecule has 2 rings (SSSR count). The van der Waals surface area contributed by atoms with E-state index in [2.05, 4.69) is 15.9 Å². The van der Waals surface area contributed by atoms with Gasteiger partial charge in [-0.25, -0.2) is 0 Å². The van der Waals surface area contributed by atoms with Crippen LogP contribution < -0.4 is 4.74 Å². The van der Waals surface area contributed by atoms with E-state index in [-0.39, 0.29) is 5.91 Å². The van der Waals surface area contributed by atoms with E-state index in [0.29, 0.717) is 25.3 Å². The highest BCUT2D eigenvalue weighted by atomic mass is 79.9. The summed E-state index contributed by atoms with van der Waals surface area (Å²) >= 11 is 3.39. The number of nitrogens with zero attached hydrogens (tertiary/aromatic N) is 1. The number of halogens is 1. The van der Waals surface area contributed by atoms with Crippen LogP contribution in [0.3, 0.4) is 0 Å². The summed E-state index contributed by atoms with van der Waals surface area (Å²) in [6.07, 6.45) is 3.51. The average molecular weight is 326 g/mol. The summed E-state index contributed by atoms with van der Waals surface area (Å²) in [5.41, 5.74) is 0.838. The highest BCUT2D eigenvalue weighted by Gasteiger charge is 2.22. The number of hydrogen-bond acceptors (Lipinski definition) is 3. The van der Waals surface area contributed by atoms with Crippen LogP contribution in [-0.4, -0.2) is 42.2 Å². The first-order valence-corrected chi connectivity index (χ1v) is 6.88. The molecule has 5 heteroatoms. The Hall–Kier alpha value is -1.33. The Morgan fingerprint density at radius 3 is 3.00 bits per heavy atom. The van der Waals surface area contributed by atoms with Gasteiger partial charge in [0.15, 0.2) is 0 Å². The molecule has 1 saturated heterocycles. The molecule has 0 saturated carbocycles. The van der Waals surface area contributed by atoms with Crippen LogP contribution >= 0.6 is 15.9 Å². The second-order valence-corrected chi connectivity index (χ2v) is 5.36. The number of methoxy groups -OCH3 is 1. The van der Waals surface area contributed by atoms with Crippen molar-refractivity contribution >= 4 is 27.9 Å². The van der Waals surface area contributed by atoms with Gasteiger partial charge in [0.2, 0.25) is 5.91 Å². The Labute approximate surface area is 120 Å². The summed E-state index contributed by atoms with van der Waals surface area (Å²) in [6, 6.07) is 5.62. The summed E-state index contributed by atoms with van der Waals surface area (Å²) in [5.74, 6) is 0.632. The van der Waals surface area contributed by atoms with Crippen LogP contribution in [0.1, 0.15) is 12.0 Å². The van der Waals surface area contributed by atoms with E-state index in [1.807, 2.05) is 18.2 Å². The Balaban J connectivity index is 2.09. The van der Waals surface area contributed by atoms with Crippen molar-refractivity contribution in [3.8, 4) is 5.75 Å². The lowest BCUT2D eigenvalue weighted by Gasteiger charge is -2.12. The Bertz CT molecular complexity index is 501. The predicted octanol–water partition coefficient (Wildman–Crippen LogP) is 2.06. The number of benzene rings is 1. The summed E-state index contributed by atoms with van der Waals surface area (Å²) in [6.45, 7) is 1.03. The molecule has 4 nitrogen and oxygen atoms in total. The van der Waals surface area contributed by atoms with Gasteiger partial charge in [-0.15, -0.1) is 0 Å². The number of β-amino-alcohol motifs (C(OH)–C–C–N with tert-alkyl or cyclic N) is 1. The molecule has 0 aliphatic carbocycles. The van der Waals surface area contributed by atoms with Crippen LogP contribution in [0, 0.1) is 0 Å². The van der Waals surface area contributed by atoms with E-state index in [1.165, 1.54) is 6.08 Å². The number of aliphatic hydroxyl groups is 1. The number of carbonyl (C=O) groups is 1. The standard InChI is InChI=1S/C14H16BrNO3/c1-19-13-4-3-11(15)8-10(13)2-5-14(18)16-7-6-12(17)9-16/h2-5,8,12,17H,6-7,9H2,1H3. The quantitative estimate of drug-likeness (QED) is 0.865. The van der Waals surface area contributed by atoms with E-state index >= 15 is 0 Å². The van der Waals surface area contributed by atoms with Crippen LogP contribution in [0.2, 0.25) is 0 Å².